The fraction of sp³-hybridized carbons (Fsp3) is 0.143. The van der Waals surface area contributed by atoms with E-state index in [4.69, 9.17) is 0 Å². The van der Waals surface area contributed by atoms with Crippen molar-refractivity contribution in [1.82, 2.24) is 10.6 Å². The Kier molecular flexibility index (Phi) is 5.56. The number of aromatic hydroxyl groups is 2. The number of phenols is 2. The van der Waals surface area contributed by atoms with Gasteiger partial charge >= 0.3 is 0 Å². The van der Waals surface area contributed by atoms with Crippen LogP contribution in [0, 0.1) is 0 Å². The van der Waals surface area contributed by atoms with Crippen LogP contribution >= 0.6 is 0 Å². The molecule has 0 spiro atoms. The summed E-state index contributed by atoms with van der Waals surface area (Å²) in [5.74, 6) is -0.109. The molecule has 3 aromatic carbocycles. The highest BCUT2D eigenvalue weighted by Crippen LogP contribution is 2.21. The molecule has 27 heavy (non-hydrogen) atoms. The van der Waals surface area contributed by atoms with Crippen molar-refractivity contribution in [2.75, 3.05) is 13.1 Å². The zero-order chi connectivity index (χ0) is 19.2. The normalized spacial score (nSPS) is 10.5. The Morgan fingerprint density at radius 1 is 0.667 bits per heavy atom. The third kappa shape index (κ3) is 4.76. The number of phenolic OH excluding ortho intramolecular Hbond substituents is 2. The van der Waals surface area contributed by atoms with Gasteiger partial charge in [0.1, 0.15) is 11.5 Å². The zero-order valence-electron chi connectivity index (χ0n) is 14.6. The first-order valence-electron chi connectivity index (χ1n) is 8.61. The van der Waals surface area contributed by atoms with Crippen LogP contribution in [0.1, 0.15) is 27.1 Å². The van der Waals surface area contributed by atoms with E-state index in [-0.39, 0.29) is 23.3 Å². The molecule has 0 fully saturated rings. The van der Waals surface area contributed by atoms with Gasteiger partial charge in [0.25, 0.3) is 11.8 Å². The molecule has 138 valence electrons. The Morgan fingerprint density at radius 2 is 1.19 bits per heavy atom. The van der Waals surface area contributed by atoms with Crippen molar-refractivity contribution in [2.24, 2.45) is 0 Å². The van der Waals surface area contributed by atoms with Crippen LogP contribution in [-0.4, -0.2) is 35.1 Å². The van der Waals surface area contributed by atoms with E-state index in [0.717, 1.165) is 10.8 Å². The van der Waals surface area contributed by atoms with Gasteiger partial charge in [0.2, 0.25) is 0 Å². The van der Waals surface area contributed by atoms with E-state index in [1.54, 1.807) is 48.5 Å². The van der Waals surface area contributed by atoms with Crippen molar-refractivity contribution in [3.05, 3.63) is 71.8 Å². The van der Waals surface area contributed by atoms with Crippen molar-refractivity contribution < 1.29 is 19.8 Å². The molecule has 0 radical (unpaired) electrons. The van der Waals surface area contributed by atoms with E-state index in [2.05, 4.69) is 10.6 Å². The van der Waals surface area contributed by atoms with Crippen molar-refractivity contribution in [1.29, 1.82) is 0 Å². The lowest BCUT2D eigenvalue weighted by molar-refractivity contribution is 0.0952. The van der Waals surface area contributed by atoms with Crippen LogP contribution in [-0.2, 0) is 0 Å². The zero-order valence-corrected chi connectivity index (χ0v) is 14.6. The molecule has 4 N–H and O–H groups in total. The summed E-state index contributed by atoms with van der Waals surface area (Å²) in [7, 11) is 0. The van der Waals surface area contributed by atoms with Crippen molar-refractivity contribution in [2.45, 2.75) is 6.42 Å². The summed E-state index contributed by atoms with van der Waals surface area (Å²) in [5, 5.41) is 26.0. The summed E-state index contributed by atoms with van der Waals surface area (Å²) in [4.78, 5) is 24.2. The van der Waals surface area contributed by atoms with Crippen LogP contribution in [0.25, 0.3) is 10.8 Å². The lowest BCUT2D eigenvalue weighted by Crippen LogP contribution is -2.29. The van der Waals surface area contributed by atoms with Crippen LogP contribution in [0.2, 0.25) is 0 Å². The summed E-state index contributed by atoms with van der Waals surface area (Å²) in [6, 6.07) is 16.3. The highest BCUT2D eigenvalue weighted by Gasteiger charge is 2.07. The lowest BCUT2D eigenvalue weighted by Gasteiger charge is -2.08. The number of carbonyl (C=O) groups excluding carboxylic acids is 2. The highest BCUT2D eigenvalue weighted by atomic mass is 16.3. The average Bonchev–Trinajstić information content (AvgIpc) is 2.67. The van der Waals surface area contributed by atoms with E-state index in [1.165, 1.54) is 12.1 Å². The lowest BCUT2D eigenvalue weighted by atomic mass is 10.1. The minimum Gasteiger partial charge on any atom is -0.508 e. The maximum atomic E-state index is 12.2. The van der Waals surface area contributed by atoms with Crippen LogP contribution in [0.4, 0.5) is 0 Å². The van der Waals surface area contributed by atoms with E-state index in [0.29, 0.717) is 30.6 Å². The maximum absolute atomic E-state index is 12.2. The summed E-state index contributed by atoms with van der Waals surface area (Å²) < 4.78 is 0. The monoisotopic (exact) mass is 364 g/mol. The van der Waals surface area contributed by atoms with Gasteiger partial charge in [-0.1, -0.05) is 12.1 Å². The van der Waals surface area contributed by atoms with Gasteiger partial charge in [0.05, 0.1) is 0 Å². The SMILES string of the molecule is O=C(NCCCNC(=O)c1ccc2cc(O)ccc2c1)c1ccc(O)cc1. The molecule has 0 aliphatic carbocycles. The molecule has 3 aromatic rings. The minimum atomic E-state index is -0.223. The second kappa shape index (κ2) is 8.23. The van der Waals surface area contributed by atoms with Crippen molar-refractivity contribution in [3.63, 3.8) is 0 Å². The summed E-state index contributed by atoms with van der Waals surface area (Å²) in [6.45, 7) is 0.860. The van der Waals surface area contributed by atoms with E-state index < -0.39 is 0 Å². The largest absolute Gasteiger partial charge is 0.508 e. The third-order valence-electron chi connectivity index (χ3n) is 4.14. The molecule has 0 aliphatic rings. The topological polar surface area (TPSA) is 98.7 Å². The molecule has 0 saturated heterocycles. The minimum absolute atomic E-state index is 0.111. The standard InChI is InChI=1S/C21H20N2O4/c24-18-7-4-14(5-8-18)20(26)22-10-1-11-23-21(27)17-3-2-16-13-19(25)9-6-15(16)12-17/h2-9,12-13,24-25H,1,10-11H2,(H,22,26)(H,23,27). The first kappa shape index (κ1) is 18.3. The molecule has 0 aromatic heterocycles. The molecule has 0 unspecified atom stereocenters. The van der Waals surface area contributed by atoms with Crippen LogP contribution in [0.5, 0.6) is 11.5 Å². The van der Waals surface area contributed by atoms with Gasteiger partial charge < -0.3 is 20.8 Å². The molecule has 0 atom stereocenters. The average molecular weight is 364 g/mol. The van der Waals surface area contributed by atoms with Crippen molar-refractivity contribution in [3.8, 4) is 11.5 Å². The van der Waals surface area contributed by atoms with Gasteiger partial charge in [-0.3, -0.25) is 9.59 Å². The molecule has 0 heterocycles. The first-order valence-corrected chi connectivity index (χ1v) is 8.61. The highest BCUT2D eigenvalue weighted by molar-refractivity contribution is 5.98. The number of fused-ring (bicyclic) bond motifs is 1. The molecule has 2 amide bonds. The quantitative estimate of drug-likeness (QED) is 0.506. The first-order chi connectivity index (χ1) is 13.0. The molecular weight excluding hydrogens is 344 g/mol. The van der Waals surface area contributed by atoms with Crippen LogP contribution < -0.4 is 10.6 Å². The Hall–Kier alpha value is -3.54. The van der Waals surface area contributed by atoms with Crippen LogP contribution in [0.3, 0.4) is 0 Å². The Morgan fingerprint density at radius 3 is 1.89 bits per heavy atom. The molecule has 0 bridgehead atoms. The summed E-state index contributed by atoms with van der Waals surface area (Å²) in [6.07, 6.45) is 0.594. The molecular formula is C21H20N2O4. The number of hydrogen-bond acceptors (Lipinski definition) is 4. The van der Waals surface area contributed by atoms with Gasteiger partial charge in [-0.05, 0) is 65.7 Å². The molecule has 6 nitrogen and oxygen atoms in total. The van der Waals surface area contributed by atoms with E-state index in [1.807, 2.05) is 0 Å². The predicted molar refractivity (Wildman–Crippen MR) is 103 cm³/mol. The number of carbonyl (C=O) groups is 2. The predicted octanol–water partition coefficient (Wildman–Crippen LogP) is 2.80. The Bertz CT molecular complexity index is 968. The van der Waals surface area contributed by atoms with E-state index >= 15 is 0 Å². The van der Waals surface area contributed by atoms with E-state index in [9.17, 15) is 19.8 Å². The number of hydrogen-bond donors (Lipinski definition) is 4. The van der Waals surface area contributed by atoms with Gasteiger partial charge in [0, 0.05) is 24.2 Å². The third-order valence-corrected chi connectivity index (χ3v) is 4.14. The van der Waals surface area contributed by atoms with Crippen molar-refractivity contribution >= 4 is 22.6 Å². The second-order valence-corrected chi connectivity index (χ2v) is 6.16. The van der Waals surface area contributed by atoms with Crippen LogP contribution in [0.15, 0.2) is 60.7 Å². The fourth-order valence-electron chi connectivity index (χ4n) is 2.68. The Balaban J connectivity index is 1.45. The smallest absolute Gasteiger partial charge is 0.251 e. The number of amides is 2. The molecule has 0 saturated carbocycles. The van der Waals surface area contributed by atoms with Gasteiger partial charge in [-0.2, -0.15) is 0 Å². The second-order valence-electron chi connectivity index (χ2n) is 6.16. The molecule has 0 aliphatic heterocycles. The van der Waals surface area contributed by atoms with Gasteiger partial charge in [-0.15, -0.1) is 0 Å². The fourth-order valence-corrected chi connectivity index (χ4v) is 2.68. The van der Waals surface area contributed by atoms with Gasteiger partial charge in [-0.25, -0.2) is 0 Å². The number of rotatable bonds is 6. The maximum Gasteiger partial charge on any atom is 0.251 e. The summed E-state index contributed by atoms with van der Waals surface area (Å²) in [5.41, 5.74) is 1.01. The summed E-state index contributed by atoms with van der Waals surface area (Å²) >= 11 is 0. The Labute approximate surface area is 156 Å². The van der Waals surface area contributed by atoms with Gasteiger partial charge in [0.15, 0.2) is 0 Å². The molecule has 3 rings (SSSR count). The molecule has 6 heteroatoms. The number of nitrogens with one attached hydrogen (secondary N) is 2. The number of benzene rings is 3.